The van der Waals surface area contributed by atoms with Crippen molar-refractivity contribution in [3.05, 3.63) is 24.3 Å². The van der Waals surface area contributed by atoms with Crippen LogP contribution in [-0.4, -0.2) is 74.9 Å². The fraction of sp³-hybridized carbons (Fsp3) is 0.891. The highest BCUT2D eigenvalue weighted by molar-refractivity contribution is 7.47. The van der Waals surface area contributed by atoms with E-state index in [9.17, 15) is 19.0 Å². The Morgan fingerprint density at radius 3 is 1.14 bits per heavy atom. The standard InChI is InChI=1S/C55H106NO8P/c1-6-8-10-12-14-16-18-20-22-24-26-27-28-29-30-32-34-36-38-40-42-44-46-48-55(58)64-53(52-63-65(59,60)62-50-49-56(3,4)5)51-61-54(57)47-45-43-41-39-37-35-33-31-25-23-21-19-17-15-13-11-9-7-2/h23-26,53H,6-22,27-52H2,1-5H3/p+1/b25-23-,26-24-. The van der Waals surface area contributed by atoms with Gasteiger partial charge in [-0.1, -0.05) is 212 Å². The van der Waals surface area contributed by atoms with Crippen LogP contribution in [0.4, 0.5) is 0 Å². The number of phosphoric acid groups is 1. The van der Waals surface area contributed by atoms with Crippen LogP contribution in [0.15, 0.2) is 24.3 Å². The first kappa shape index (κ1) is 63.5. The van der Waals surface area contributed by atoms with E-state index in [1.807, 2.05) is 21.1 Å². The molecule has 0 heterocycles. The number of ether oxygens (including phenoxy) is 2. The number of carbonyl (C=O) groups excluding carboxylic acids is 2. The fourth-order valence-corrected chi connectivity index (χ4v) is 8.63. The Bertz CT molecular complexity index is 1150. The molecule has 0 aromatic heterocycles. The number of allylic oxidation sites excluding steroid dienone is 4. The summed E-state index contributed by atoms with van der Waals surface area (Å²) >= 11 is 0. The minimum atomic E-state index is -4.38. The third-order valence-corrected chi connectivity index (χ3v) is 13.2. The number of quaternary nitrogens is 1. The van der Waals surface area contributed by atoms with Gasteiger partial charge in [-0.3, -0.25) is 18.6 Å². The molecule has 0 bridgehead atoms. The number of unbranched alkanes of at least 4 members (excludes halogenated alkanes) is 33. The molecule has 0 aliphatic heterocycles. The summed E-state index contributed by atoms with van der Waals surface area (Å²) < 4.78 is 34.5. The van der Waals surface area contributed by atoms with E-state index in [-0.39, 0.29) is 32.0 Å². The van der Waals surface area contributed by atoms with Crippen LogP contribution in [0.25, 0.3) is 0 Å². The van der Waals surface area contributed by atoms with Crippen molar-refractivity contribution in [3.8, 4) is 0 Å². The zero-order valence-electron chi connectivity index (χ0n) is 43.5. The molecule has 0 saturated heterocycles. The van der Waals surface area contributed by atoms with Gasteiger partial charge in [-0.25, -0.2) is 4.57 Å². The van der Waals surface area contributed by atoms with Crippen LogP contribution in [0.1, 0.15) is 264 Å². The van der Waals surface area contributed by atoms with Crippen molar-refractivity contribution < 1.29 is 42.1 Å². The molecule has 0 amide bonds. The van der Waals surface area contributed by atoms with Crippen LogP contribution in [0.3, 0.4) is 0 Å². The number of carbonyl (C=O) groups is 2. The van der Waals surface area contributed by atoms with Gasteiger partial charge in [0.15, 0.2) is 6.10 Å². The van der Waals surface area contributed by atoms with Crippen molar-refractivity contribution in [3.63, 3.8) is 0 Å². The lowest BCUT2D eigenvalue weighted by molar-refractivity contribution is -0.870. The average Bonchev–Trinajstić information content (AvgIpc) is 3.26. The minimum absolute atomic E-state index is 0.0327. The second-order valence-corrected chi connectivity index (χ2v) is 21.4. The SMILES string of the molecule is CCCCCCCCC/C=C\CCCCCCCCCC(=O)OCC(COP(=O)(O)OCC[N+](C)(C)C)OC(=O)CCCCCCCCCCCCC/C=C\CCCCCCCCCC. The van der Waals surface area contributed by atoms with Gasteiger partial charge < -0.3 is 18.9 Å². The number of hydrogen-bond acceptors (Lipinski definition) is 7. The topological polar surface area (TPSA) is 108 Å². The Morgan fingerprint density at radius 2 is 0.785 bits per heavy atom. The van der Waals surface area contributed by atoms with Crippen molar-refractivity contribution >= 4 is 19.8 Å². The maximum Gasteiger partial charge on any atom is 0.472 e. The molecule has 0 radical (unpaired) electrons. The maximum absolute atomic E-state index is 12.8. The zero-order valence-corrected chi connectivity index (χ0v) is 44.4. The van der Waals surface area contributed by atoms with Crippen LogP contribution in [0, 0.1) is 0 Å². The van der Waals surface area contributed by atoms with Crippen molar-refractivity contribution in [1.82, 2.24) is 0 Å². The number of likely N-dealkylation sites (N-methyl/N-ethyl adjacent to an activating group) is 1. The van der Waals surface area contributed by atoms with Gasteiger partial charge in [-0.2, -0.15) is 0 Å². The molecule has 2 unspecified atom stereocenters. The highest BCUT2D eigenvalue weighted by atomic mass is 31.2. The summed E-state index contributed by atoms with van der Waals surface area (Å²) in [6.07, 6.45) is 55.2. The third-order valence-electron chi connectivity index (χ3n) is 12.2. The quantitative estimate of drug-likeness (QED) is 0.0211. The van der Waals surface area contributed by atoms with Crippen molar-refractivity contribution in [1.29, 1.82) is 0 Å². The van der Waals surface area contributed by atoms with Crippen molar-refractivity contribution in [2.75, 3.05) is 47.5 Å². The van der Waals surface area contributed by atoms with Crippen LogP contribution in [0.2, 0.25) is 0 Å². The molecule has 0 aliphatic carbocycles. The third kappa shape index (κ3) is 51.7. The summed E-state index contributed by atoms with van der Waals surface area (Å²) in [5.74, 6) is -0.792. The lowest BCUT2D eigenvalue weighted by atomic mass is 10.0. The van der Waals surface area contributed by atoms with Gasteiger partial charge in [0, 0.05) is 12.8 Å². The highest BCUT2D eigenvalue weighted by Gasteiger charge is 2.27. The van der Waals surface area contributed by atoms with E-state index in [1.165, 1.54) is 199 Å². The van der Waals surface area contributed by atoms with E-state index in [0.29, 0.717) is 17.4 Å². The maximum atomic E-state index is 12.8. The molecule has 10 heteroatoms. The molecular weight excluding hydrogens is 834 g/mol. The van der Waals surface area contributed by atoms with Crippen LogP contribution in [-0.2, 0) is 32.7 Å². The normalized spacial score (nSPS) is 13.5. The molecule has 65 heavy (non-hydrogen) atoms. The van der Waals surface area contributed by atoms with Crippen molar-refractivity contribution in [2.45, 2.75) is 270 Å². The van der Waals surface area contributed by atoms with Gasteiger partial charge in [0.25, 0.3) is 0 Å². The molecule has 0 aliphatic rings. The summed E-state index contributed by atoms with van der Waals surface area (Å²) in [5, 5.41) is 0. The minimum Gasteiger partial charge on any atom is -0.462 e. The van der Waals surface area contributed by atoms with Gasteiger partial charge in [-0.15, -0.1) is 0 Å². The summed E-state index contributed by atoms with van der Waals surface area (Å²) in [7, 11) is 1.48. The second kappa shape index (κ2) is 47.6. The van der Waals surface area contributed by atoms with E-state index < -0.39 is 26.5 Å². The summed E-state index contributed by atoms with van der Waals surface area (Å²) in [4.78, 5) is 35.6. The number of phosphoric ester groups is 1. The number of nitrogens with zero attached hydrogens (tertiary/aromatic N) is 1. The van der Waals surface area contributed by atoms with Gasteiger partial charge in [0.1, 0.15) is 19.8 Å². The summed E-state index contributed by atoms with van der Waals surface area (Å²) in [6.45, 7) is 4.46. The molecule has 9 nitrogen and oxygen atoms in total. The number of esters is 2. The van der Waals surface area contributed by atoms with Gasteiger partial charge >= 0.3 is 19.8 Å². The number of hydrogen-bond donors (Lipinski definition) is 1. The largest absolute Gasteiger partial charge is 0.472 e. The van der Waals surface area contributed by atoms with E-state index in [0.717, 1.165) is 32.1 Å². The predicted octanol–water partition coefficient (Wildman–Crippen LogP) is 16.6. The average molecular weight is 941 g/mol. The molecule has 0 fully saturated rings. The van der Waals surface area contributed by atoms with E-state index in [1.54, 1.807) is 0 Å². The van der Waals surface area contributed by atoms with E-state index in [2.05, 4.69) is 38.2 Å². The molecule has 0 spiro atoms. The molecule has 384 valence electrons. The van der Waals surface area contributed by atoms with Gasteiger partial charge in [-0.05, 0) is 64.2 Å². The Labute approximate surface area is 402 Å². The van der Waals surface area contributed by atoms with Crippen LogP contribution >= 0.6 is 7.82 Å². The zero-order chi connectivity index (χ0) is 47.8. The second-order valence-electron chi connectivity index (χ2n) is 20.0. The number of rotatable bonds is 51. The Kier molecular flexibility index (Phi) is 46.4. The lowest BCUT2D eigenvalue weighted by Gasteiger charge is -2.24. The monoisotopic (exact) mass is 941 g/mol. The van der Waals surface area contributed by atoms with Crippen LogP contribution < -0.4 is 0 Å². The first-order valence-corrected chi connectivity index (χ1v) is 29.1. The molecule has 2 atom stereocenters. The van der Waals surface area contributed by atoms with Gasteiger partial charge in [0.2, 0.25) is 0 Å². The molecule has 0 aromatic carbocycles. The Morgan fingerprint density at radius 1 is 0.462 bits per heavy atom. The summed E-state index contributed by atoms with van der Waals surface area (Å²) in [6, 6.07) is 0. The fourth-order valence-electron chi connectivity index (χ4n) is 7.89. The smallest absolute Gasteiger partial charge is 0.462 e. The molecule has 0 rings (SSSR count). The first-order valence-electron chi connectivity index (χ1n) is 27.6. The highest BCUT2D eigenvalue weighted by Crippen LogP contribution is 2.43. The molecule has 0 saturated carbocycles. The molecular formula is C55H107NO8P+. The van der Waals surface area contributed by atoms with Crippen molar-refractivity contribution in [2.24, 2.45) is 0 Å². The van der Waals surface area contributed by atoms with Gasteiger partial charge in [0.05, 0.1) is 27.7 Å². The Balaban J connectivity index is 4.18. The predicted molar refractivity (Wildman–Crippen MR) is 275 cm³/mol. The van der Waals surface area contributed by atoms with E-state index in [4.69, 9.17) is 18.5 Å². The van der Waals surface area contributed by atoms with E-state index >= 15 is 0 Å². The lowest BCUT2D eigenvalue weighted by Crippen LogP contribution is -2.37. The first-order chi connectivity index (χ1) is 31.5. The van der Waals surface area contributed by atoms with Crippen LogP contribution in [0.5, 0.6) is 0 Å². The summed E-state index contributed by atoms with van der Waals surface area (Å²) in [5.41, 5.74) is 0. The Hall–Kier alpha value is -1.51. The molecule has 0 aromatic rings. The molecule has 1 N–H and O–H groups in total.